The highest BCUT2D eigenvalue weighted by molar-refractivity contribution is 5.90. The number of methoxy groups -OCH3 is 2. The zero-order valence-corrected chi connectivity index (χ0v) is 12.8. The lowest BCUT2D eigenvalue weighted by molar-refractivity contribution is 0.112. The van der Waals surface area contributed by atoms with E-state index in [1.54, 1.807) is 25.0 Å². The fourth-order valence-corrected chi connectivity index (χ4v) is 2.41. The molecule has 2 aromatic rings. The van der Waals surface area contributed by atoms with Crippen LogP contribution in [0.2, 0.25) is 0 Å². The van der Waals surface area contributed by atoms with Crippen LogP contribution in [0.3, 0.4) is 0 Å². The van der Waals surface area contributed by atoms with Crippen LogP contribution in [0.25, 0.3) is 11.1 Å². The number of carbonyl (C=O) groups excluding carboxylic acids is 1. The average Bonchev–Trinajstić information content (AvgIpc) is 2.86. The van der Waals surface area contributed by atoms with Gasteiger partial charge in [0.15, 0.2) is 17.8 Å². The van der Waals surface area contributed by atoms with E-state index < -0.39 is 0 Å². The molecule has 0 aliphatic rings. The van der Waals surface area contributed by atoms with E-state index in [9.17, 15) is 4.79 Å². The van der Waals surface area contributed by atoms with Crippen molar-refractivity contribution in [1.82, 2.24) is 9.78 Å². The van der Waals surface area contributed by atoms with Gasteiger partial charge in [-0.1, -0.05) is 13.3 Å². The standard InChI is InChI=1S/C16H20N2O3/c1-5-6-14-13(9-18(2)17-14)12-8-16(21-4)15(20-3)7-11(12)10-19/h7-10H,5-6H2,1-4H3. The monoisotopic (exact) mass is 288 g/mol. The Balaban J connectivity index is 2.64. The molecule has 0 aliphatic heterocycles. The van der Waals surface area contributed by atoms with Crippen LogP contribution in [0.4, 0.5) is 0 Å². The van der Waals surface area contributed by atoms with Gasteiger partial charge in [0.2, 0.25) is 0 Å². The van der Waals surface area contributed by atoms with Crippen LogP contribution >= 0.6 is 0 Å². The minimum absolute atomic E-state index is 0.546. The first kappa shape index (κ1) is 15.1. The maximum absolute atomic E-state index is 11.4. The van der Waals surface area contributed by atoms with Crippen molar-refractivity contribution in [2.45, 2.75) is 19.8 Å². The van der Waals surface area contributed by atoms with Crippen molar-refractivity contribution in [3.05, 3.63) is 29.6 Å². The lowest BCUT2D eigenvalue weighted by Gasteiger charge is -2.12. The van der Waals surface area contributed by atoms with Crippen molar-refractivity contribution in [1.29, 1.82) is 0 Å². The fraction of sp³-hybridized carbons (Fsp3) is 0.375. The van der Waals surface area contributed by atoms with Crippen LogP contribution < -0.4 is 9.47 Å². The summed E-state index contributed by atoms with van der Waals surface area (Å²) in [6.45, 7) is 2.10. The van der Waals surface area contributed by atoms with Gasteiger partial charge in [0, 0.05) is 24.4 Å². The Kier molecular flexibility index (Phi) is 4.62. The summed E-state index contributed by atoms with van der Waals surface area (Å²) < 4.78 is 12.4. The molecule has 1 heterocycles. The van der Waals surface area contributed by atoms with Gasteiger partial charge in [-0.15, -0.1) is 0 Å². The van der Waals surface area contributed by atoms with E-state index in [-0.39, 0.29) is 0 Å². The molecule has 0 aliphatic carbocycles. The highest BCUT2D eigenvalue weighted by Gasteiger charge is 2.17. The van der Waals surface area contributed by atoms with E-state index in [2.05, 4.69) is 12.0 Å². The van der Waals surface area contributed by atoms with E-state index in [1.165, 1.54) is 0 Å². The molecule has 112 valence electrons. The number of aryl methyl sites for hydroxylation is 2. The van der Waals surface area contributed by atoms with Gasteiger partial charge < -0.3 is 9.47 Å². The summed E-state index contributed by atoms with van der Waals surface area (Å²) in [5.74, 6) is 1.15. The van der Waals surface area contributed by atoms with Gasteiger partial charge >= 0.3 is 0 Å². The maximum atomic E-state index is 11.4. The fourth-order valence-electron chi connectivity index (χ4n) is 2.41. The van der Waals surface area contributed by atoms with Gasteiger partial charge in [-0.25, -0.2) is 0 Å². The second-order valence-corrected chi connectivity index (χ2v) is 4.83. The van der Waals surface area contributed by atoms with Crippen molar-refractivity contribution in [3.8, 4) is 22.6 Å². The second kappa shape index (κ2) is 6.43. The summed E-state index contributed by atoms with van der Waals surface area (Å²) in [4.78, 5) is 11.4. The lowest BCUT2D eigenvalue weighted by atomic mass is 9.98. The highest BCUT2D eigenvalue weighted by Crippen LogP contribution is 2.36. The van der Waals surface area contributed by atoms with E-state index in [0.717, 1.165) is 35.9 Å². The second-order valence-electron chi connectivity index (χ2n) is 4.83. The summed E-state index contributed by atoms with van der Waals surface area (Å²) in [7, 11) is 5.01. The molecule has 2 rings (SSSR count). The van der Waals surface area contributed by atoms with Crippen molar-refractivity contribution in [2.24, 2.45) is 7.05 Å². The number of benzene rings is 1. The molecular formula is C16H20N2O3. The predicted octanol–water partition coefficient (Wildman–Crippen LogP) is 2.87. The number of aldehydes is 1. The number of rotatable bonds is 6. The molecule has 1 aromatic carbocycles. The molecule has 0 spiro atoms. The zero-order chi connectivity index (χ0) is 15.4. The van der Waals surface area contributed by atoms with E-state index in [4.69, 9.17) is 9.47 Å². The minimum atomic E-state index is 0.546. The molecule has 0 saturated heterocycles. The first-order valence-corrected chi connectivity index (χ1v) is 6.88. The Labute approximate surface area is 124 Å². The Hall–Kier alpha value is -2.30. The number of carbonyl (C=O) groups is 1. The Morgan fingerprint density at radius 2 is 1.86 bits per heavy atom. The summed E-state index contributed by atoms with van der Waals surface area (Å²) in [6, 6.07) is 3.53. The van der Waals surface area contributed by atoms with Crippen LogP contribution in [0.1, 0.15) is 29.4 Å². The zero-order valence-electron chi connectivity index (χ0n) is 12.8. The number of hydrogen-bond acceptors (Lipinski definition) is 4. The van der Waals surface area contributed by atoms with Crippen LogP contribution in [0.15, 0.2) is 18.3 Å². The Morgan fingerprint density at radius 1 is 1.19 bits per heavy atom. The Bertz CT molecular complexity index is 647. The van der Waals surface area contributed by atoms with E-state index in [0.29, 0.717) is 17.1 Å². The van der Waals surface area contributed by atoms with Crippen molar-refractivity contribution in [3.63, 3.8) is 0 Å². The van der Waals surface area contributed by atoms with Gasteiger partial charge in [0.25, 0.3) is 0 Å². The van der Waals surface area contributed by atoms with Crippen molar-refractivity contribution in [2.75, 3.05) is 14.2 Å². The summed E-state index contributed by atoms with van der Waals surface area (Å²) >= 11 is 0. The molecule has 21 heavy (non-hydrogen) atoms. The molecule has 0 saturated carbocycles. The first-order valence-electron chi connectivity index (χ1n) is 6.88. The van der Waals surface area contributed by atoms with Gasteiger partial charge in [0.05, 0.1) is 19.9 Å². The molecule has 0 radical (unpaired) electrons. The summed E-state index contributed by atoms with van der Waals surface area (Å²) in [6.07, 6.45) is 4.62. The van der Waals surface area contributed by atoms with Gasteiger partial charge in [-0.2, -0.15) is 5.10 Å². The summed E-state index contributed by atoms with van der Waals surface area (Å²) in [5.41, 5.74) is 3.33. The van der Waals surface area contributed by atoms with Gasteiger partial charge in [0.1, 0.15) is 0 Å². The van der Waals surface area contributed by atoms with Gasteiger partial charge in [-0.3, -0.25) is 9.48 Å². The molecule has 0 unspecified atom stereocenters. The lowest BCUT2D eigenvalue weighted by Crippen LogP contribution is -1.96. The van der Waals surface area contributed by atoms with Crippen LogP contribution in [0.5, 0.6) is 11.5 Å². The van der Waals surface area contributed by atoms with Crippen molar-refractivity contribution >= 4 is 6.29 Å². The largest absolute Gasteiger partial charge is 0.493 e. The molecular weight excluding hydrogens is 268 g/mol. The molecule has 0 fully saturated rings. The number of aromatic nitrogens is 2. The molecule has 0 bridgehead atoms. The molecule has 0 N–H and O–H groups in total. The predicted molar refractivity (Wildman–Crippen MR) is 81.1 cm³/mol. The number of ether oxygens (including phenoxy) is 2. The van der Waals surface area contributed by atoms with Crippen LogP contribution in [-0.4, -0.2) is 30.3 Å². The smallest absolute Gasteiger partial charge is 0.161 e. The third kappa shape index (κ3) is 2.91. The highest BCUT2D eigenvalue weighted by atomic mass is 16.5. The summed E-state index contributed by atoms with van der Waals surface area (Å²) in [5, 5.41) is 4.48. The van der Waals surface area contributed by atoms with E-state index in [1.807, 2.05) is 19.3 Å². The topological polar surface area (TPSA) is 53.4 Å². The van der Waals surface area contributed by atoms with Crippen molar-refractivity contribution < 1.29 is 14.3 Å². The molecule has 5 heteroatoms. The molecule has 0 atom stereocenters. The normalized spacial score (nSPS) is 10.5. The third-order valence-electron chi connectivity index (χ3n) is 3.36. The first-order chi connectivity index (χ1) is 10.1. The molecule has 5 nitrogen and oxygen atoms in total. The maximum Gasteiger partial charge on any atom is 0.161 e. The van der Waals surface area contributed by atoms with Gasteiger partial charge in [-0.05, 0) is 24.1 Å². The number of nitrogens with zero attached hydrogens (tertiary/aromatic N) is 2. The average molecular weight is 288 g/mol. The minimum Gasteiger partial charge on any atom is -0.493 e. The number of hydrogen-bond donors (Lipinski definition) is 0. The third-order valence-corrected chi connectivity index (χ3v) is 3.36. The quantitative estimate of drug-likeness (QED) is 0.767. The molecule has 0 amide bonds. The van der Waals surface area contributed by atoms with Crippen LogP contribution in [0, 0.1) is 0 Å². The van der Waals surface area contributed by atoms with Crippen LogP contribution in [-0.2, 0) is 13.5 Å². The Morgan fingerprint density at radius 3 is 2.43 bits per heavy atom. The van der Waals surface area contributed by atoms with E-state index >= 15 is 0 Å². The SMILES string of the molecule is CCCc1nn(C)cc1-c1cc(OC)c(OC)cc1C=O. The molecule has 1 aromatic heterocycles.